The van der Waals surface area contributed by atoms with Gasteiger partial charge in [0.25, 0.3) is 0 Å². The van der Waals surface area contributed by atoms with Crippen LogP contribution in [0.3, 0.4) is 0 Å². The standard InChI is InChI=1S/C18H22/c1-14-11-12-18(16(3)13-14)10-6-9-17-8-5-4-7-15(17)2/h4-5,7-8,11-13H,6,9-10H2,1-3H3. The molecule has 0 heterocycles. The van der Waals surface area contributed by atoms with Gasteiger partial charge in [0, 0.05) is 0 Å². The maximum Gasteiger partial charge on any atom is -0.0273 e. The molecule has 0 N–H and O–H groups in total. The molecule has 0 atom stereocenters. The van der Waals surface area contributed by atoms with Crippen molar-refractivity contribution >= 4 is 0 Å². The van der Waals surface area contributed by atoms with E-state index in [0.717, 1.165) is 0 Å². The summed E-state index contributed by atoms with van der Waals surface area (Å²) in [4.78, 5) is 0. The lowest BCUT2D eigenvalue weighted by atomic mass is 9.97. The quantitative estimate of drug-likeness (QED) is 0.718. The van der Waals surface area contributed by atoms with Crippen molar-refractivity contribution in [1.82, 2.24) is 0 Å². The van der Waals surface area contributed by atoms with E-state index in [9.17, 15) is 0 Å². The second kappa shape index (κ2) is 5.86. The number of hydrogen-bond acceptors (Lipinski definition) is 0. The first-order valence-corrected chi connectivity index (χ1v) is 6.77. The molecule has 0 aliphatic heterocycles. The van der Waals surface area contributed by atoms with Gasteiger partial charge >= 0.3 is 0 Å². The molecule has 2 aromatic carbocycles. The summed E-state index contributed by atoms with van der Waals surface area (Å²) in [6, 6.07) is 15.5. The third-order valence-electron chi connectivity index (χ3n) is 3.65. The highest BCUT2D eigenvalue weighted by atomic mass is 14.1. The normalized spacial score (nSPS) is 10.6. The number of rotatable bonds is 4. The van der Waals surface area contributed by atoms with Crippen LogP contribution < -0.4 is 0 Å². The molecule has 18 heavy (non-hydrogen) atoms. The summed E-state index contributed by atoms with van der Waals surface area (Å²) >= 11 is 0. The maximum absolute atomic E-state index is 2.28. The lowest BCUT2D eigenvalue weighted by Crippen LogP contribution is -1.95. The van der Waals surface area contributed by atoms with Gasteiger partial charge in [-0.3, -0.25) is 0 Å². The van der Waals surface area contributed by atoms with Gasteiger partial charge < -0.3 is 0 Å². The smallest absolute Gasteiger partial charge is 0.0273 e. The zero-order valence-electron chi connectivity index (χ0n) is 11.7. The van der Waals surface area contributed by atoms with Crippen molar-refractivity contribution in [3.8, 4) is 0 Å². The molecule has 0 heteroatoms. The molecule has 0 aromatic heterocycles. The number of hydrogen-bond donors (Lipinski definition) is 0. The number of aryl methyl sites for hydroxylation is 5. The van der Waals surface area contributed by atoms with Crippen molar-refractivity contribution in [2.45, 2.75) is 40.0 Å². The molecule has 0 saturated heterocycles. The topological polar surface area (TPSA) is 0 Å². The Morgan fingerprint density at radius 3 is 2.06 bits per heavy atom. The fourth-order valence-electron chi connectivity index (χ4n) is 2.49. The average Bonchev–Trinajstić information content (AvgIpc) is 2.34. The van der Waals surface area contributed by atoms with Crippen LogP contribution in [0.1, 0.15) is 34.2 Å². The van der Waals surface area contributed by atoms with Crippen molar-refractivity contribution in [1.29, 1.82) is 0 Å². The second-order valence-corrected chi connectivity index (χ2v) is 5.21. The van der Waals surface area contributed by atoms with Gasteiger partial charge in [-0.05, 0) is 62.3 Å². The molecule has 0 fully saturated rings. The van der Waals surface area contributed by atoms with Gasteiger partial charge in [-0.15, -0.1) is 0 Å². The summed E-state index contributed by atoms with van der Waals surface area (Å²) in [5.74, 6) is 0. The minimum Gasteiger partial charge on any atom is -0.0620 e. The molecule has 0 unspecified atom stereocenters. The highest BCUT2D eigenvalue weighted by molar-refractivity contribution is 5.31. The zero-order valence-corrected chi connectivity index (χ0v) is 11.7. The van der Waals surface area contributed by atoms with E-state index < -0.39 is 0 Å². The van der Waals surface area contributed by atoms with Crippen LogP contribution in [0.4, 0.5) is 0 Å². The van der Waals surface area contributed by atoms with E-state index in [-0.39, 0.29) is 0 Å². The predicted octanol–water partition coefficient (Wildman–Crippen LogP) is 4.79. The molecule has 0 saturated carbocycles. The SMILES string of the molecule is Cc1ccc(CCCc2ccccc2C)c(C)c1. The fourth-order valence-corrected chi connectivity index (χ4v) is 2.49. The Morgan fingerprint density at radius 2 is 1.39 bits per heavy atom. The Kier molecular flexibility index (Phi) is 4.19. The fraction of sp³-hybridized carbons (Fsp3) is 0.333. The van der Waals surface area contributed by atoms with E-state index >= 15 is 0 Å². The molecule has 0 aliphatic rings. The lowest BCUT2D eigenvalue weighted by molar-refractivity contribution is 0.811. The van der Waals surface area contributed by atoms with Crippen molar-refractivity contribution in [3.63, 3.8) is 0 Å². The monoisotopic (exact) mass is 238 g/mol. The average molecular weight is 238 g/mol. The van der Waals surface area contributed by atoms with E-state index in [0.29, 0.717) is 0 Å². The molecule has 0 aliphatic carbocycles. The molecule has 94 valence electrons. The number of benzene rings is 2. The molecule has 0 bridgehead atoms. The van der Waals surface area contributed by atoms with Gasteiger partial charge in [-0.2, -0.15) is 0 Å². The van der Waals surface area contributed by atoms with E-state index in [1.807, 2.05) is 0 Å². The van der Waals surface area contributed by atoms with Crippen LogP contribution in [0.5, 0.6) is 0 Å². The minimum atomic E-state index is 1.18. The third-order valence-corrected chi connectivity index (χ3v) is 3.65. The third kappa shape index (κ3) is 3.22. The Hall–Kier alpha value is -1.56. The van der Waals surface area contributed by atoms with Crippen molar-refractivity contribution < 1.29 is 0 Å². The van der Waals surface area contributed by atoms with Gasteiger partial charge in [-0.1, -0.05) is 48.0 Å². The summed E-state index contributed by atoms with van der Waals surface area (Å²) in [5, 5.41) is 0. The molecule has 0 nitrogen and oxygen atoms in total. The van der Waals surface area contributed by atoms with Crippen LogP contribution in [0.25, 0.3) is 0 Å². The van der Waals surface area contributed by atoms with Gasteiger partial charge in [0.15, 0.2) is 0 Å². The molecule has 0 spiro atoms. The molecular weight excluding hydrogens is 216 g/mol. The van der Waals surface area contributed by atoms with E-state index in [2.05, 4.69) is 63.2 Å². The molecule has 2 aromatic rings. The van der Waals surface area contributed by atoms with Crippen LogP contribution in [0, 0.1) is 20.8 Å². The molecule has 0 amide bonds. The largest absolute Gasteiger partial charge is 0.0620 e. The van der Waals surface area contributed by atoms with Crippen LogP contribution in [0.15, 0.2) is 42.5 Å². The van der Waals surface area contributed by atoms with Gasteiger partial charge in [0.05, 0.1) is 0 Å². The first-order valence-electron chi connectivity index (χ1n) is 6.77. The van der Waals surface area contributed by atoms with E-state index in [4.69, 9.17) is 0 Å². The zero-order chi connectivity index (χ0) is 13.0. The molecule has 2 rings (SSSR count). The lowest BCUT2D eigenvalue weighted by Gasteiger charge is -2.08. The second-order valence-electron chi connectivity index (χ2n) is 5.21. The highest BCUT2D eigenvalue weighted by Gasteiger charge is 2.01. The first-order chi connectivity index (χ1) is 8.66. The van der Waals surface area contributed by atoms with Crippen molar-refractivity contribution in [2.75, 3.05) is 0 Å². The van der Waals surface area contributed by atoms with Crippen molar-refractivity contribution in [3.05, 3.63) is 70.3 Å². The summed E-state index contributed by atoms with van der Waals surface area (Å²) in [5.41, 5.74) is 7.18. The Balaban J connectivity index is 1.95. The van der Waals surface area contributed by atoms with E-state index in [1.54, 1.807) is 0 Å². The minimum absolute atomic E-state index is 1.18. The van der Waals surface area contributed by atoms with Gasteiger partial charge in [0.2, 0.25) is 0 Å². The van der Waals surface area contributed by atoms with Crippen molar-refractivity contribution in [2.24, 2.45) is 0 Å². The predicted molar refractivity (Wildman–Crippen MR) is 79.1 cm³/mol. The summed E-state index contributed by atoms with van der Waals surface area (Å²) in [7, 11) is 0. The van der Waals surface area contributed by atoms with Crippen LogP contribution in [-0.2, 0) is 12.8 Å². The van der Waals surface area contributed by atoms with Crippen LogP contribution >= 0.6 is 0 Å². The van der Waals surface area contributed by atoms with Crippen LogP contribution in [-0.4, -0.2) is 0 Å². The Bertz CT molecular complexity index is 523. The molecule has 0 radical (unpaired) electrons. The summed E-state index contributed by atoms with van der Waals surface area (Å²) in [6.07, 6.45) is 3.59. The van der Waals surface area contributed by atoms with Gasteiger partial charge in [0.1, 0.15) is 0 Å². The molecular formula is C18H22. The highest BCUT2D eigenvalue weighted by Crippen LogP contribution is 2.15. The Labute approximate surface area is 111 Å². The Morgan fingerprint density at radius 1 is 0.722 bits per heavy atom. The summed E-state index contributed by atoms with van der Waals surface area (Å²) in [6.45, 7) is 6.58. The van der Waals surface area contributed by atoms with Crippen LogP contribution in [0.2, 0.25) is 0 Å². The van der Waals surface area contributed by atoms with E-state index in [1.165, 1.54) is 47.1 Å². The summed E-state index contributed by atoms with van der Waals surface area (Å²) < 4.78 is 0. The van der Waals surface area contributed by atoms with Gasteiger partial charge in [-0.25, -0.2) is 0 Å². The maximum atomic E-state index is 2.28. The first kappa shape index (κ1) is 12.9.